The predicted octanol–water partition coefficient (Wildman–Crippen LogP) is 1.46. The zero-order chi connectivity index (χ0) is 17.6. The molecule has 1 atom stereocenters. The van der Waals surface area contributed by atoms with Gasteiger partial charge in [-0.2, -0.15) is 0 Å². The normalized spacial score (nSPS) is 11.2. The molecule has 23 heavy (non-hydrogen) atoms. The highest BCUT2D eigenvalue weighted by molar-refractivity contribution is 5.98. The molecule has 0 bridgehead atoms. The highest BCUT2D eigenvalue weighted by atomic mass is 16.6. The first-order valence-corrected chi connectivity index (χ1v) is 6.54. The van der Waals surface area contributed by atoms with Crippen LogP contribution in [0.1, 0.15) is 41.0 Å². The van der Waals surface area contributed by atoms with E-state index in [0.717, 1.165) is 18.2 Å². The van der Waals surface area contributed by atoms with Crippen LogP contribution in [0.5, 0.6) is 0 Å². The van der Waals surface area contributed by atoms with Crippen LogP contribution in [0.15, 0.2) is 18.2 Å². The average molecular weight is 325 g/mol. The molecule has 0 aliphatic rings. The predicted molar refractivity (Wildman–Crippen MR) is 76.9 cm³/mol. The smallest absolute Gasteiger partial charge is 0.426 e. The lowest BCUT2D eigenvalue weighted by Crippen LogP contribution is -2.42. The van der Waals surface area contributed by atoms with Crippen molar-refractivity contribution in [2.75, 3.05) is 0 Å². The maximum absolute atomic E-state index is 11.9. The number of rotatable bonds is 5. The van der Waals surface area contributed by atoms with Crippen LogP contribution in [-0.2, 0) is 4.74 Å². The Labute approximate surface area is 130 Å². The van der Waals surface area contributed by atoms with Crippen molar-refractivity contribution < 1.29 is 29.2 Å². The fourth-order valence-electron chi connectivity index (χ4n) is 1.45. The van der Waals surface area contributed by atoms with Gasteiger partial charge in [0.15, 0.2) is 0 Å². The molecule has 10 heteroatoms. The van der Waals surface area contributed by atoms with Gasteiger partial charge in [0.2, 0.25) is 0 Å². The Hall–Kier alpha value is -3.17. The van der Waals surface area contributed by atoms with Gasteiger partial charge in [-0.3, -0.25) is 20.3 Å². The summed E-state index contributed by atoms with van der Waals surface area (Å²) >= 11 is 0. The molecule has 0 aliphatic carbocycles. The van der Waals surface area contributed by atoms with Crippen LogP contribution < -0.4 is 10.9 Å². The summed E-state index contributed by atoms with van der Waals surface area (Å²) in [6, 6.07) is 2.67. The maximum atomic E-state index is 11.9. The highest BCUT2D eigenvalue weighted by Crippen LogP contribution is 2.17. The zero-order valence-electron chi connectivity index (χ0n) is 12.4. The molecular weight excluding hydrogens is 310 g/mol. The van der Waals surface area contributed by atoms with Crippen molar-refractivity contribution in [3.8, 4) is 0 Å². The Morgan fingerprint density at radius 3 is 2.39 bits per heavy atom. The number of carboxylic acid groups (broad SMARTS) is 1. The number of nitro groups is 1. The first-order valence-electron chi connectivity index (χ1n) is 6.54. The molecule has 10 nitrogen and oxygen atoms in total. The monoisotopic (exact) mass is 325 g/mol. The molecule has 1 rings (SSSR count). The molecule has 0 radical (unpaired) electrons. The fourth-order valence-corrected chi connectivity index (χ4v) is 1.45. The number of hydrogen-bond acceptors (Lipinski definition) is 6. The summed E-state index contributed by atoms with van der Waals surface area (Å²) in [4.78, 5) is 44.1. The van der Waals surface area contributed by atoms with Crippen molar-refractivity contribution in [1.82, 2.24) is 10.9 Å². The summed E-state index contributed by atoms with van der Waals surface area (Å²) in [7, 11) is 0. The van der Waals surface area contributed by atoms with Gasteiger partial charge in [-0.25, -0.2) is 15.0 Å². The van der Waals surface area contributed by atoms with Gasteiger partial charge in [-0.1, -0.05) is 6.92 Å². The van der Waals surface area contributed by atoms with Gasteiger partial charge in [-0.15, -0.1) is 0 Å². The number of hydrogen-bond donors (Lipinski definition) is 3. The SMILES string of the molecule is CCC(C)OC(=O)NNC(=O)c1cc(C(=O)O)cc([N+](=O)[O-])c1. The van der Waals surface area contributed by atoms with Crippen molar-refractivity contribution in [3.63, 3.8) is 0 Å². The summed E-state index contributed by atoms with van der Waals surface area (Å²) < 4.78 is 4.84. The third kappa shape index (κ3) is 5.26. The molecule has 0 saturated heterocycles. The quantitative estimate of drug-likeness (QED) is 0.548. The molecule has 0 aliphatic heterocycles. The van der Waals surface area contributed by atoms with Gasteiger partial charge in [-0.05, 0) is 19.4 Å². The van der Waals surface area contributed by atoms with Crippen molar-refractivity contribution in [2.45, 2.75) is 26.4 Å². The van der Waals surface area contributed by atoms with Crippen LogP contribution in [0.3, 0.4) is 0 Å². The Kier molecular flexibility index (Phi) is 6.01. The number of non-ortho nitro benzene ring substituents is 1. The van der Waals surface area contributed by atoms with Gasteiger partial charge < -0.3 is 9.84 Å². The molecule has 2 amide bonds. The molecule has 1 aromatic carbocycles. The number of ether oxygens (including phenoxy) is 1. The summed E-state index contributed by atoms with van der Waals surface area (Å²) in [6.45, 7) is 3.45. The van der Waals surface area contributed by atoms with E-state index >= 15 is 0 Å². The largest absolute Gasteiger partial charge is 0.478 e. The van der Waals surface area contributed by atoms with Crippen molar-refractivity contribution in [3.05, 3.63) is 39.4 Å². The van der Waals surface area contributed by atoms with E-state index in [2.05, 4.69) is 0 Å². The van der Waals surface area contributed by atoms with Gasteiger partial charge in [0.25, 0.3) is 11.6 Å². The summed E-state index contributed by atoms with van der Waals surface area (Å²) in [6.07, 6.45) is -0.686. The number of nitro benzene ring substituents is 1. The van der Waals surface area contributed by atoms with E-state index in [9.17, 15) is 24.5 Å². The summed E-state index contributed by atoms with van der Waals surface area (Å²) in [5.74, 6) is -2.34. The lowest BCUT2D eigenvalue weighted by Gasteiger charge is -2.12. The minimum absolute atomic E-state index is 0.291. The Morgan fingerprint density at radius 1 is 1.26 bits per heavy atom. The molecule has 0 saturated carbocycles. The van der Waals surface area contributed by atoms with Crippen LogP contribution in [0.2, 0.25) is 0 Å². The molecule has 1 unspecified atom stereocenters. The molecule has 3 N–H and O–H groups in total. The Morgan fingerprint density at radius 2 is 1.87 bits per heavy atom. The van der Waals surface area contributed by atoms with E-state index in [1.165, 1.54) is 0 Å². The van der Waals surface area contributed by atoms with Gasteiger partial charge in [0, 0.05) is 17.7 Å². The van der Waals surface area contributed by atoms with E-state index in [-0.39, 0.29) is 11.7 Å². The molecule has 0 fully saturated rings. The molecule has 0 aromatic heterocycles. The minimum Gasteiger partial charge on any atom is -0.478 e. The van der Waals surface area contributed by atoms with Crippen LogP contribution in [0, 0.1) is 10.1 Å². The number of amides is 2. The van der Waals surface area contributed by atoms with Crippen molar-refractivity contribution in [2.24, 2.45) is 0 Å². The summed E-state index contributed by atoms with van der Waals surface area (Å²) in [5.41, 5.74) is 2.67. The van der Waals surface area contributed by atoms with Gasteiger partial charge in [0.05, 0.1) is 10.5 Å². The first kappa shape index (κ1) is 17.9. The number of carbonyl (C=O) groups excluding carboxylic acids is 2. The fraction of sp³-hybridized carbons (Fsp3) is 0.308. The lowest BCUT2D eigenvalue weighted by atomic mass is 10.1. The standard InChI is InChI=1S/C13H15N3O7/c1-3-7(2)23-13(20)15-14-11(17)8-4-9(12(18)19)6-10(5-8)16(21)22/h4-7H,3H2,1-2H3,(H,14,17)(H,15,20)(H,18,19). The second-order valence-electron chi connectivity index (χ2n) is 4.53. The molecule has 1 aromatic rings. The van der Waals surface area contributed by atoms with E-state index < -0.39 is 34.1 Å². The first-order chi connectivity index (χ1) is 10.7. The van der Waals surface area contributed by atoms with Crippen LogP contribution >= 0.6 is 0 Å². The van der Waals surface area contributed by atoms with Gasteiger partial charge in [0.1, 0.15) is 6.10 Å². The van der Waals surface area contributed by atoms with E-state index in [1.807, 2.05) is 10.9 Å². The molecule has 0 heterocycles. The van der Waals surface area contributed by atoms with Crippen molar-refractivity contribution in [1.29, 1.82) is 0 Å². The third-order valence-electron chi connectivity index (χ3n) is 2.80. The Bertz CT molecular complexity index is 612. The van der Waals surface area contributed by atoms with E-state index in [0.29, 0.717) is 6.42 Å². The number of hydrazine groups is 1. The number of carbonyl (C=O) groups is 3. The van der Waals surface area contributed by atoms with E-state index in [1.54, 1.807) is 13.8 Å². The number of aromatic carboxylic acids is 1. The zero-order valence-corrected chi connectivity index (χ0v) is 12.4. The number of carboxylic acids is 1. The second-order valence-corrected chi connectivity index (χ2v) is 4.53. The van der Waals surface area contributed by atoms with Gasteiger partial charge >= 0.3 is 12.1 Å². The number of nitrogens with one attached hydrogen (secondary N) is 2. The maximum Gasteiger partial charge on any atom is 0.426 e. The number of nitrogens with zero attached hydrogens (tertiary/aromatic N) is 1. The third-order valence-corrected chi connectivity index (χ3v) is 2.80. The van der Waals surface area contributed by atoms with Crippen molar-refractivity contribution >= 4 is 23.7 Å². The van der Waals surface area contributed by atoms with Crippen LogP contribution in [0.25, 0.3) is 0 Å². The lowest BCUT2D eigenvalue weighted by molar-refractivity contribution is -0.384. The molecule has 124 valence electrons. The van der Waals surface area contributed by atoms with Crippen LogP contribution in [0.4, 0.5) is 10.5 Å². The molecular formula is C13H15N3O7. The Balaban J connectivity index is 2.85. The summed E-state index contributed by atoms with van der Waals surface area (Å²) in [5, 5.41) is 19.7. The topological polar surface area (TPSA) is 148 Å². The average Bonchev–Trinajstić information content (AvgIpc) is 2.51. The second kappa shape index (κ2) is 7.73. The number of benzene rings is 1. The van der Waals surface area contributed by atoms with E-state index in [4.69, 9.17) is 9.84 Å². The molecule has 0 spiro atoms. The van der Waals surface area contributed by atoms with Crippen LogP contribution in [-0.4, -0.2) is 34.1 Å². The minimum atomic E-state index is -1.42. The highest BCUT2D eigenvalue weighted by Gasteiger charge is 2.18.